The quantitative estimate of drug-likeness (QED) is 0.910. The van der Waals surface area contributed by atoms with Crippen LogP contribution in [0, 0.1) is 12.7 Å². The Bertz CT molecular complexity index is 714. The van der Waals surface area contributed by atoms with Crippen LogP contribution in [0.5, 0.6) is 0 Å². The molecule has 108 valence electrons. The van der Waals surface area contributed by atoms with Crippen LogP contribution >= 0.6 is 0 Å². The molecule has 3 nitrogen and oxygen atoms in total. The molecule has 1 aliphatic rings. The van der Waals surface area contributed by atoms with Gasteiger partial charge in [0.05, 0.1) is 0 Å². The smallest absolute Gasteiger partial charge is 0.247 e. The number of anilines is 1. The summed E-state index contributed by atoms with van der Waals surface area (Å²) in [5, 5.41) is 3.16. The zero-order valence-corrected chi connectivity index (χ0v) is 11.8. The summed E-state index contributed by atoms with van der Waals surface area (Å²) in [5.74, 6) is -0.779. The number of halogens is 1. The van der Waals surface area contributed by atoms with Gasteiger partial charge in [0.1, 0.15) is 11.4 Å². The van der Waals surface area contributed by atoms with Gasteiger partial charge in [-0.05, 0) is 49.1 Å². The number of benzene rings is 2. The Morgan fingerprint density at radius 3 is 2.81 bits per heavy atom. The first kappa shape index (κ1) is 13.6. The van der Waals surface area contributed by atoms with E-state index in [0.29, 0.717) is 12.1 Å². The number of hydrogen-bond donors (Lipinski definition) is 2. The number of nitrogens with two attached hydrogens (primary N) is 1. The minimum atomic E-state index is -0.963. The molecule has 0 heterocycles. The van der Waals surface area contributed by atoms with Gasteiger partial charge < -0.3 is 11.1 Å². The highest BCUT2D eigenvalue weighted by Gasteiger charge is 2.44. The van der Waals surface area contributed by atoms with Gasteiger partial charge in [0.25, 0.3) is 0 Å². The van der Waals surface area contributed by atoms with Crippen molar-refractivity contribution < 1.29 is 9.18 Å². The highest BCUT2D eigenvalue weighted by molar-refractivity contribution is 5.91. The van der Waals surface area contributed by atoms with Crippen LogP contribution in [-0.2, 0) is 16.8 Å². The second-order valence-electron chi connectivity index (χ2n) is 5.57. The summed E-state index contributed by atoms with van der Waals surface area (Å²) in [7, 11) is 0. The highest BCUT2D eigenvalue weighted by atomic mass is 19.1. The van der Waals surface area contributed by atoms with Crippen molar-refractivity contribution in [3.05, 3.63) is 65.0 Å². The van der Waals surface area contributed by atoms with Gasteiger partial charge in [0.15, 0.2) is 0 Å². The fourth-order valence-corrected chi connectivity index (χ4v) is 3.02. The van der Waals surface area contributed by atoms with E-state index in [-0.39, 0.29) is 5.82 Å². The fraction of sp³-hybridized carbons (Fsp3) is 0.235. The minimum Gasteiger partial charge on any atom is -0.368 e. The molecule has 2 aromatic rings. The number of rotatable bonds is 3. The lowest BCUT2D eigenvalue weighted by atomic mass is 9.89. The van der Waals surface area contributed by atoms with Crippen LogP contribution in [0.15, 0.2) is 42.5 Å². The molecule has 1 atom stereocenters. The Labute approximate surface area is 123 Å². The largest absolute Gasteiger partial charge is 0.368 e. The molecule has 0 aromatic heterocycles. The van der Waals surface area contributed by atoms with Gasteiger partial charge in [-0.15, -0.1) is 0 Å². The zero-order valence-electron chi connectivity index (χ0n) is 11.8. The molecule has 21 heavy (non-hydrogen) atoms. The molecule has 0 bridgehead atoms. The third-order valence-electron chi connectivity index (χ3n) is 4.10. The maximum atomic E-state index is 13.4. The van der Waals surface area contributed by atoms with E-state index < -0.39 is 11.4 Å². The van der Waals surface area contributed by atoms with E-state index in [2.05, 4.69) is 5.32 Å². The molecule has 3 N–H and O–H groups in total. The molecule has 3 rings (SSSR count). The Morgan fingerprint density at radius 2 is 2.10 bits per heavy atom. The Morgan fingerprint density at radius 1 is 1.29 bits per heavy atom. The maximum Gasteiger partial charge on any atom is 0.247 e. The molecule has 1 amide bonds. The van der Waals surface area contributed by atoms with Crippen molar-refractivity contribution in [2.75, 3.05) is 5.32 Å². The predicted octanol–water partition coefficient (Wildman–Crippen LogP) is 2.87. The third-order valence-corrected chi connectivity index (χ3v) is 4.10. The van der Waals surface area contributed by atoms with E-state index in [1.807, 2.05) is 25.1 Å². The molecule has 0 spiro atoms. The van der Waals surface area contributed by atoms with Gasteiger partial charge in [0, 0.05) is 5.69 Å². The molecule has 0 aliphatic heterocycles. The van der Waals surface area contributed by atoms with E-state index in [4.69, 9.17) is 5.73 Å². The van der Waals surface area contributed by atoms with E-state index in [1.54, 1.807) is 12.1 Å². The van der Waals surface area contributed by atoms with Gasteiger partial charge in [-0.25, -0.2) is 4.39 Å². The molecule has 0 radical (unpaired) electrons. The van der Waals surface area contributed by atoms with Gasteiger partial charge in [-0.3, -0.25) is 4.79 Å². The lowest BCUT2D eigenvalue weighted by Crippen LogP contribution is -2.46. The van der Waals surface area contributed by atoms with Crippen molar-refractivity contribution in [2.45, 2.75) is 25.3 Å². The number of carbonyl (C=O) groups is 1. The maximum absolute atomic E-state index is 13.4. The minimum absolute atomic E-state index is 0.345. The average Bonchev–Trinajstić information content (AvgIpc) is 2.78. The van der Waals surface area contributed by atoms with Gasteiger partial charge in [-0.2, -0.15) is 0 Å². The molecule has 2 aromatic carbocycles. The van der Waals surface area contributed by atoms with Crippen molar-refractivity contribution in [2.24, 2.45) is 5.73 Å². The number of aryl methyl sites for hydroxylation is 2. The van der Waals surface area contributed by atoms with E-state index in [9.17, 15) is 9.18 Å². The van der Waals surface area contributed by atoms with E-state index in [1.165, 1.54) is 12.1 Å². The Hall–Kier alpha value is -2.36. The summed E-state index contributed by atoms with van der Waals surface area (Å²) >= 11 is 0. The van der Waals surface area contributed by atoms with Crippen LogP contribution < -0.4 is 11.1 Å². The first-order chi connectivity index (χ1) is 10.0. The molecule has 1 unspecified atom stereocenters. The van der Waals surface area contributed by atoms with Crippen molar-refractivity contribution in [1.82, 2.24) is 0 Å². The van der Waals surface area contributed by atoms with Crippen molar-refractivity contribution in [1.29, 1.82) is 0 Å². The van der Waals surface area contributed by atoms with Crippen LogP contribution in [0.1, 0.15) is 23.1 Å². The summed E-state index contributed by atoms with van der Waals surface area (Å²) in [6.07, 6.45) is 1.36. The summed E-state index contributed by atoms with van der Waals surface area (Å²) in [5.41, 5.74) is 8.37. The number of primary amides is 1. The monoisotopic (exact) mass is 284 g/mol. The SMILES string of the molecule is Cc1ccc2c(c1)C(Nc1cccc(F)c1)(C(N)=O)CC2. The summed E-state index contributed by atoms with van der Waals surface area (Å²) in [6.45, 7) is 1.98. The number of nitrogens with one attached hydrogen (secondary N) is 1. The number of amides is 1. The second kappa shape index (κ2) is 4.88. The van der Waals surface area contributed by atoms with Crippen molar-refractivity contribution >= 4 is 11.6 Å². The lowest BCUT2D eigenvalue weighted by molar-refractivity contribution is -0.122. The highest BCUT2D eigenvalue weighted by Crippen LogP contribution is 2.40. The summed E-state index contributed by atoms with van der Waals surface area (Å²) in [4.78, 5) is 12.2. The zero-order chi connectivity index (χ0) is 15.0. The van der Waals surface area contributed by atoms with Crippen molar-refractivity contribution in [3.8, 4) is 0 Å². The van der Waals surface area contributed by atoms with Crippen molar-refractivity contribution in [3.63, 3.8) is 0 Å². The average molecular weight is 284 g/mol. The molecular formula is C17H17FN2O. The van der Waals surface area contributed by atoms with Gasteiger partial charge >= 0.3 is 0 Å². The van der Waals surface area contributed by atoms with Gasteiger partial charge in [0.2, 0.25) is 5.91 Å². The first-order valence-electron chi connectivity index (χ1n) is 6.95. The lowest BCUT2D eigenvalue weighted by Gasteiger charge is -2.29. The van der Waals surface area contributed by atoms with E-state index >= 15 is 0 Å². The summed E-state index contributed by atoms with van der Waals surface area (Å²) in [6, 6.07) is 12.1. The standard InChI is InChI=1S/C17H17FN2O/c1-11-5-6-12-7-8-17(16(19)21,15(12)9-11)20-14-4-2-3-13(18)10-14/h2-6,9-10,20H,7-8H2,1H3,(H2,19,21). The molecule has 0 fully saturated rings. The second-order valence-corrected chi connectivity index (χ2v) is 5.57. The van der Waals surface area contributed by atoms with Crippen LogP contribution in [0.25, 0.3) is 0 Å². The molecule has 0 saturated carbocycles. The van der Waals surface area contributed by atoms with E-state index in [0.717, 1.165) is 23.1 Å². The van der Waals surface area contributed by atoms with Crippen LogP contribution in [0.2, 0.25) is 0 Å². The molecule has 1 aliphatic carbocycles. The predicted molar refractivity (Wildman–Crippen MR) is 80.4 cm³/mol. The molecular weight excluding hydrogens is 267 g/mol. The third kappa shape index (κ3) is 2.27. The number of hydrogen-bond acceptors (Lipinski definition) is 2. The van der Waals surface area contributed by atoms with Gasteiger partial charge in [-0.1, -0.05) is 29.8 Å². The number of fused-ring (bicyclic) bond motifs is 1. The number of carbonyl (C=O) groups excluding carboxylic acids is 1. The normalized spacial score (nSPS) is 20.1. The fourth-order valence-electron chi connectivity index (χ4n) is 3.02. The van der Waals surface area contributed by atoms with Crippen LogP contribution in [-0.4, -0.2) is 5.91 Å². The molecule has 4 heteroatoms. The molecule has 0 saturated heterocycles. The van der Waals surface area contributed by atoms with Crippen LogP contribution in [0.4, 0.5) is 10.1 Å². The first-order valence-corrected chi connectivity index (χ1v) is 6.95. The summed E-state index contributed by atoms with van der Waals surface area (Å²) < 4.78 is 13.4. The Balaban J connectivity index is 2.08. The van der Waals surface area contributed by atoms with Crippen LogP contribution in [0.3, 0.4) is 0 Å². The topological polar surface area (TPSA) is 55.1 Å². The Kier molecular flexibility index (Phi) is 3.16.